The molecule has 0 saturated carbocycles. The summed E-state index contributed by atoms with van der Waals surface area (Å²) >= 11 is 0. The maximum Gasteiger partial charge on any atom is 0.163 e. The second-order valence-corrected chi connectivity index (χ2v) is 4.24. The monoisotopic (exact) mass is 224 g/mol. The standard InChI is InChI=1S/C13H12N4/c14-9-10-4-6-11(7-5-10)13-16-15-12-3-1-2-8-17(12)13/h4-7H,1-3,8H2. The molecule has 0 unspecified atom stereocenters. The van der Waals surface area contributed by atoms with Crippen molar-refractivity contribution >= 4 is 0 Å². The van der Waals surface area contributed by atoms with Crippen molar-refractivity contribution in [1.82, 2.24) is 14.8 Å². The molecule has 17 heavy (non-hydrogen) atoms. The number of nitrogens with zero attached hydrogens (tertiary/aromatic N) is 4. The summed E-state index contributed by atoms with van der Waals surface area (Å²) in [6.45, 7) is 0.998. The summed E-state index contributed by atoms with van der Waals surface area (Å²) < 4.78 is 2.19. The molecule has 1 aliphatic rings. The summed E-state index contributed by atoms with van der Waals surface area (Å²) in [6.07, 6.45) is 3.41. The van der Waals surface area contributed by atoms with Crippen LogP contribution in [0.25, 0.3) is 11.4 Å². The third-order valence-electron chi connectivity index (χ3n) is 3.13. The van der Waals surface area contributed by atoms with E-state index in [0.29, 0.717) is 5.56 Å². The molecule has 2 aromatic rings. The fourth-order valence-corrected chi connectivity index (χ4v) is 2.22. The fraction of sp³-hybridized carbons (Fsp3) is 0.308. The molecule has 0 aliphatic carbocycles. The zero-order chi connectivity index (χ0) is 11.7. The van der Waals surface area contributed by atoms with Crippen LogP contribution in [0.3, 0.4) is 0 Å². The topological polar surface area (TPSA) is 54.5 Å². The van der Waals surface area contributed by atoms with Gasteiger partial charge in [-0.2, -0.15) is 5.26 Å². The Bertz CT molecular complexity index is 574. The van der Waals surface area contributed by atoms with Crippen molar-refractivity contribution in [3.63, 3.8) is 0 Å². The molecule has 0 spiro atoms. The molecule has 0 amide bonds. The molecule has 1 aromatic heterocycles. The molecular weight excluding hydrogens is 212 g/mol. The lowest BCUT2D eigenvalue weighted by molar-refractivity contribution is 0.526. The zero-order valence-electron chi connectivity index (χ0n) is 9.43. The van der Waals surface area contributed by atoms with Crippen molar-refractivity contribution in [2.24, 2.45) is 0 Å². The zero-order valence-corrected chi connectivity index (χ0v) is 9.43. The number of fused-ring (bicyclic) bond motifs is 1. The second kappa shape index (κ2) is 4.02. The van der Waals surface area contributed by atoms with Crippen LogP contribution in [0.2, 0.25) is 0 Å². The molecule has 1 aromatic carbocycles. The van der Waals surface area contributed by atoms with Gasteiger partial charge in [0, 0.05) is 18.5 Å². The van der Waals surface area contributed by atoms with Gasteiger partial charge in [-0.25, -0.2) is 0 Å². The Hall–Kier alpha value is -2.15. The average Bonchev–Trinajstić information content (AvgIpc) is 2.83. The first-order valence-electron chi connectivity index (χ1n) is 5.81. The van der Waals surface area contributed by atoms with Gasteiger partial charge in [-0.15, -0.1) is 10.2 Å². The number of aromatic nitrogens is 3. The first-order valence-corrected chi connectivity index (χ1v) is 5.81. The Kier molecular flexibility index (Phi) is 2.37. The number of hydrogen-bond acceptors (Lipinski definition) is 3. The van der Waals surface area contributed by atoms with E-state index in [1.165, 1.54) is 12.8 Å². The van der Waals surface area contributed by atoms with Crippen molar-refractivity contribution in [3.05, 3.63) is 35.7 Å². The van der Waals surface area contributed by atoms with Crippen LogP contribution in [0.15, 0.2) is 24.3 Å². The van der Waals surface area contributed by atoms with Crippen LogP contribution in [0.5, 0.6) is 0 Å². The quantitative estimate of drug-likeness (QED) is 0.745. The minimum atomic E-state index is 0.673. The van der Waals surface area contributed by atoms with Gasteiger partial charge < -0.3 is 4.57 Å². The molecular formula is C13H12N4. The maximum atomic E-state index is 8.77. The molecule has 4 heteroatoms. The third kappa shape index (κ3) is 1.70. The smallest absolute Gasteiger partial charge is 0.163 e. The highest BCUT2D eigenvalue weighted by Crippen LogP contribution is 2.22. The number of hydrogen-bond donors (Lipinski definition) is 0. The van der Waals surface area contributed by atoms with E-state index in [0.717, 1.165) is 30.2 Å². The summed E-state index contributed by atoms with van der Waals surface area (Å²) in [6, 6.07) is 9.63. The lowest BCUT2D eigenvalue weighted by Crippen LogP contribution is -2.11. The lowest BCUT2D eigenvalue weighted by Gasteiger charge is -2.14. The summed E-state index contributed by atoms with van der Waals surface area (Å²) in [5.41, 5.74) is 1.71. The molecule has 0 fully saturated rings. The molecule has 0 atom stereocenters. The normalized spacial score (nSPS) is 14.1. The maximum absolute atomic E-state index is 8.77. The number of benzene rings is 1. The van der Waals surface area contributed by atoms with E-state index < -0.39 is 0 Å². The Balaban J connectivity index is 2.03. The van der Waals surface area contributed by atoms with Crippen LogP contribution in [0.4, 0.5) is 0 Å². The number of rotatable bonds is 1. The Morgan fingerprint density at radius 3 is 2.71 bits per heavy atom. The highest BCUT2D eigenvalue weighted by atomic mass is 15.3. The van der Waals surface area contributed by atoms with Crippen molar-refractivity contribution < 1.29 is 0 Å². The van der Waals surface area contributed by atoms with Crippen LogP contribution in [-0.2, 0) is 13.0 Å². The molecule has 4 nitrogen and oxygen atoms in total. The molecule has 0 saturated heterocycles. The predicted molar refractivity (Wildman–Crippen MR) is 63.1 cm³/mol. The van der Waals surface area contributed by atoms with E-state index in [1.807, 2.05) is 24.3 Å². The summed E-state index contributed by atoms with van der Waals surface area (Å²) in [7, 11) is 0. The number of aryl methyl sites for hydroxylation is 1. The Labute approximate surface area is 99.5 Å². The summed E-state index contributed by atoms with van der Waals surface area (Å²) in [5.74, 6) is 2.00. The van der Waals surface area contributed by atoms with Gasteiger partial charge in [0.25, 0.3) is 0 Å². The first-order chi connectivity index (χ1) is 8.38. The molecule has 0 bridgehead atoms. The van der Waals surface area contributed by atoms with Gasteiger partial charge in [-0.05, 0) is 37.1 Å². The van der Waals surface area contributed by atoms with Gasteiger partial charge in [0.05, 0.1) is 11.6 Å². The Morgan fingerprint density at radius 1 is 1.12 bits per heavy atom. The lowest BCUT2D eigenvalue weighted by atomic mass is 10.1. The molecule has 1 aliphatic heterocycles. The van der Waals surface area contributed by atoms with Crippen molar-refractivity contribution in [2.45, 2.75) is 25.8 Å². The van der Waals surface area contributed by atoms with Crippen molar-refractivity contribution in [1.29, 1.82) is 5.26 Å². The van der Waals surface area contributed by atoms with Crippen LogP contribution in [-0.4, -0.2) is 14.8 Å². The van der Waals surface area contributed by atoms with E-state index in [1.54, 1.807) is 0 Å². The van der Waals surface area contributed by atoms with Gasteiger partial charge >= 0.3 is 0 Å². The average molecular weight is 224 g/mol. The van der Waals surface area contributed by atoms with Crippen LogP contribution < -0.4 is 0 Å². The molecule has 0 N–H and O–H groups in total. The molecule has 2 heterocycles. The van der Waals surface area contributed by atoms with Gasteiger partial charge in [0.2, 0.25) is 0 Å². The van der Waals surface area contributed by atoms with Crippen molar-refractivity contribution in [2.75, 3.05) is 0 Å². The first kappa shape index (κ1) is 10.0. The van der Waals surface area contributed by atoms with Crippen molar-refractivity contribution in [3.8, 4) is 17.5 Å². The summed E-state index contributed by atoms with van der Waals surface area (Å²) in [5, 5.41) is 17.2. The van der Waals surface area contributed by atoms with E-state index in [-0.39, 0.29) is 0 Å². The van der Waals surface area contributed by atoms with Gasteiger partial charge in [-0.3, -0.25) is 0 Å². The van der Waals surface area contributed by atoms with E-state index in [2.05, 4.69) is 20.8 Å². The molecule has 0 radical (unpaired) electrons. The van der Waals surface area contributed by atoms with E-state index in [9.17, 15) is 0 Å². The number of nitriles is 1. The highest BCUT2D eigenvalue weighted by Gasteiger charge is 2.16. The van der Waals surface area contributed by atoms with E-state index in [4.69, 9.17) is 5.26 Å². The van der Waals surface area contributed by atoms with Crippen LogP contribution in [0.1, 0.15) is 24.2 Å². The SMILES string of the molecule is N#Cc1ccc(-c2nnc3n2CCCC3)cc1. The van der Waals surface area contributed by atoms with Crippen LogP contribution in [0, 0.1) is 11.3 Å². The second-order valence-electron chi connectivity index (χ2n) is 4.24. The fourth-order valence-electron chi connectivity index (χ4n) is 2.22. The van der Waals surface area contributed by atoms with Crippen LogP contribution >= 0.6 is 0 Å². The molecule has 84 valence electrons. The summed E-state index contributed by atoms with van der Waals surface area (Å²) in [4.78, 5) is 0. The van der Waals surface area contributed by atoms with Gasteiger partial charge in [0.15, 0.2) is 5.82 Å². The predicted octanol–water partition coefficient (Wildman–Crippen LogP) is 2.15. The molecule has 3 rings (SSSR count). The van der Waals surface area contributed by atoms with E-state index >= 15 is 0 Å². The van der Waals surface area contributed by atoms with Gasteiger partial charge in [-0.1, -0.05) is 0 Å². The minimum absolute atomic E-state index is 0.673. The third-order valence-corrected chi connectivity index (χ3v) is 3.13. The highest BCUT2D eigenvalue weighted by molar-refractivity contribution is 5.57. The Morgan fingerprint density at radius 2 is 1.94 bits per heavy atom. The van der Waals surface area contributed by atoms with Gasteiger partial charge in [0.1, 0.15) is 5.82 Å². The largest absolute Gasteiger partial charge is 0.311 e. The minimum Gasteiger partial charge on any atom is -0.311 e.